The zero-order valence-corrected chi connectivity index (χ0v) is 19.8. The molecule has 0 bridgehead atoms. The number of methoxy groups -OCH3 is 1. The van der Waals surface area contributed by atoms with Crippen molar-refractivity contribution in [2.75, 3.05) is 45.2 Å². The van der Waals surface area contributed by atoms with Crippen LogP contribution in [0.5, 0.6) is 5.75 Å². The fraction of sp³-hybridized carbons (Fsp3) is 0.600. The van der Waals surface area contributed by atoms with Crippen LogP contribution in [0, 0.1) is 6.92 Å². The highest BCUT2D eigenvalue weighted by Gasteiger charge is 2.31. The normalized spacial score (nSPS) is 16.1. The lowest BCUT2D eigenvalue weighted by molar-refractivity contribution is -0.143. The van der Waals surface area contributed by atoms with E-state index in [9.17, 15) is 9.59 Å². The average molecular weight is 445 g/mol. The number of nitrogens with one attached hydrogen (secondary N) is 1. The van der Waals surface area contributed by atoms with Crippen molar-refractivity contribution in [2.24, 2.45) is 0 Å². The van der Waals surface area contributed by atoms with Crippen LogP contribution in [0.3, 0.4) is 0 Å². The molecule has 2 aliphatic rings. The lowest BCUT2D eigenvalue weighted by Gasteiger charge is -2.19. The molecule has 0 spiro atoms. The number of anilines is 1. The monoisotopic (exact) mass is 444 g/mol. The molecule has 0 unspecified atom stereocenters. The third-order valence-corrected chi connectivity index (χ3v) is 6.28. The topological polar surface area (TPSA) is 77.1 Å². The number of hydrogen-bond acceptors (Lipinski definition) is 7. The molecule has 7 nitrogen and oxygen atoms in total. The minimum Gasteiger partial charge on any atom is -0.496 e. The van der Waals surface area contributed by atoms with Gasteiger partial charge in [0.2, 0.25) is 0 Å². The molecule has 1 fully saturated rings. The number of hydrogen-bond donors (Lipinski definition) is 1. The van der Waals surface area contributed by atoms with Crippen LogP contribution in [0.2, 0.25) is 0 Å². The molecule has 1 N–H and O–H groups in total. The van der Waals surface area contributed by atoms with Crippen LogP contribution in [0.4, 0.5) is 5.69 Å². The molecule has 1 aromatic carbocycles. The zero-order chi connectivity index (χ0) is 23.1. The van der Waals surface area contributed by atoms with Crippen LogP contribution in [-0.2, 0) is 27.3 Å². The van der Waals surface area contributed by atoms with Gasteiger partial charge in [-0.3, -0.25) is 9.69 Å². The summed E-state index contributed by atoms with van der Waals surface area (Å²) in [6, 6.07) is 0. The van der Waals surface area contributed by atoms with Gasteiger partial charge < -0.3 is 19.5 Å². The maximum atomic E-state index is 12.4. The summed E-state index contributed by atoms with van der Waals surface area (Å²) < 4.78 is 16.4. The van der Waals surface area contributed by atoms with E-state index in [-0.39, 0.29) is 18.5 Å². The number of allylic oxidation sites excluding steroid dienone is 2. The van der Waals surface area contributed by atoms with Crippen molar-refractivity contribution in [1.29, 1.82) is 0 Å². The van der Waals surface area contributed by atoms with E-state index in [2.05, 4.69) is 16.3 Å². The second-order valence-corrected chi connectivity index (χ2v) is 8.50. The number of carbonyl (C=O) groups excluding carboxylic acids is 2. The fourth-order valence-corrected chi connectivity index (χ4v) is 4.47. The van der Waals surface area contributed by atoms with Crippen molar-refractivity contribution >= 4 is 17.6 Å². The first-order valence-electron chi connectivity index (χ1n) is 11.6. The molecule has 0 saturated carbocycles. The summed E-state index contributed by atoms with van der Waals surface area (Å²) in [5.74, 6) is 0.336. The van der Waals surface area contributed by atoms with Crippen molar-refractivity contribution in [3.63, 3.8) is 0 Å². The van der Waals surface area contributed by atoms with Crippen LogP contribution in [0.1, 0.15) is 66.6 Å². The van der Waals surface area contributed by atoms with Gasteiger partial charge in [0.05, 0.1) is 18.4 Å². The molecule has 1 saturated heterocycles. The molecule has 7 heteroatoms. The Bertz CT molecular complexity index is 872. The summed E-state index contributed by atoms with van der Waals surface area (Å²) in [4.78, 5) is 26.8. The lowest BCUT2D eigenvalue weighted by Crippen LogP contribution is -2.25. The van der Waals surface area contributed by atoms with E-state index in [1.54, 1.807) is 7.11 Å². The van der Waals surface area contributed by atoms with Gasteiger partial charge in [0.1, 0.15) is 19.0 Å². The Morgan fingerprint density at radius 2 is 2.00 bits per heavy atom. The second kappa shape index (κ2) is 11.4. The molecule has 1 aromatic rings. The standard InChI is InChI=1S/C25H36N2O5/c1-5-26-23-19(24(30-4)18(3)20-16-32-25(29)22(20)23)10-8-17(2)9-11-21(28)31-15-14-27-12-6-7-13-27/h8,26H,5-7,9-16H2,1-4H3/b17-8+. The SMILES string of the molecule is CCNc1c(C/C=C(\C)CCC(=O)OCCN2CCCC2)c(OC)c(C)c2c1C(=O)OC2. The molecule has 0 amide bonds. The number of esters is 2. The van der Waals surface area contributed by atoms with E-state index in [4.69, 9.17) is 14.2 Å². The number of benzene rings is 1. The maximum absolute atomic E-state index is 12.4. The molecule has 0 atom stereocenters. The lowest BCUT2D eigenvalue weighted by atomic mass is 9.93. The van der Waals surface area contributed by atoms with Crippen LogP contribution < -0.4 is 10.1 Å². The Hall–Kier alpha value is -2.54. The van der Waals surface area contributed by atoms with E-state index >= 15 is 0 Å². The first-order valence-corrected chi connectivity index (χ1v) is 11.6. The highest BCUT2D eigenvalue weighted by Crippen LogP contribution is 2.41. The van der Waals surface area contributed by atoms with Gasteiger partial charge in [0, 0.05) is 30.6 Å². The maximum Gasteiger partial charge on any atom is 0.341 e. The third-order valence-electron chi connectivity index (χ3n) is 6.28. The molecule has 3 rings (SSSR count). The second-order valence-electron chi connectivity index (χ2n) is 8.50. The summed E-state index contributed by atoms with van der Waals surface area (Å²) >= 11 is 0. The van der Waals surface area contributed by atoms with Crippen molar-refractivity contribution in [2.45, 2.75) is 59.5 Å². The van der Waals surface area contributed by atoms with E-state index in [0.717, 1.165) is 53.3 Å². The summed E-state index contributed by atoms with van der Waals surface area (Å²) in [6.45, 7) is 10.5. The highest BCUT2D eigenvalue weighted by atomic mass is 16.5. The molecule has 32 heavy (non-hydrogen) atoms. The average Bonchev–Trinajstić information content (AvgIpc) is 3.43. The number of nitrogens with zero attached hydrogens (tertiary/aromatic N) is 1. The Labute approximate surface area is 191 Å². The molecule has 2 aliphatic heterocycles. The van der Waals surface area contributed by atoms with Gasteiger partial charge in [-0.1, -0.05) is 11.6 Å². The Morgan fingerprint density at radius 1 is 1.25 bits per heavy atom. The van der Waals surface area contributed by atoms with Gasteiger partial charge in [0.15, 0.2) is 0 Å². The quantitative estimate of drug-likeness (QED) is 0.408. The van der Waals surface area contributed by atoms with Crippen LogP contribution in [0.25, 0.3) is 0 Å². The van der Waals surface area contributed by atoms with E-state index < -0.39 is 0 Å². The van der Waals surface area contributed by atoms with Crippen LogP contribution in [-0.4, -0.2) is 56.7 Å². The predicted molar refractivity (Wildman–Crippen MR) is 124 cm³/mol. The van der Waals surface area contributed by atoms with Gasteiger partial charge in [0.25, 0.3) is 0 Å². The van der Waals surface area contributed by atoms with Crippen LogP contribution in [0.15, 0.2) is 11.6 Å². The summed E-state index contributed by atoms with van der Waals surface area (Å²) in [5, 5.41) is 3.34. The molecular formula is C25H36N2O5. The largest absolute Gasteiger partial charge is 0.496 e. The zero-order valence-electron chi connectivity index (χ0n) is 19.8. The molecule has 176 valence electrons. The fourth-order valence-electron chi connectivity index (χ4n) is 4.47. The van der Waals surface area contributed by atoms with Gasteiger partial charge in [-0.15, -0.1) is 0 Å². The number of fused-ring (bicyclic) bond motifs is 1. The predicted octanol–water partition coefficient (Wildman–Crippen LogP) is 4.01. The molecule has 0 aromatic heterocycles. The van der Waals surface area contributed by atoms with Crippen molar-refractivity contribution < 1.29 is 23.8 Å². The van der Waals surface area contributed by atoms with E-state index in [1.807, 2.05) is 20.8 Å². The third kappa shape index (κ3) is 5.63. The number of rotatable bonds is 11. The molecule has 2 heterocycles. The van der Waals surface area contributed by atoms with Gasteiger partial charge in [-0.25, -0.2) is 4.79 Å². The number of carbonyl (C=O) groups is 2. The molecule has 0 aliphatic carbocycles. The molecular weight excluding hydrogens is 408 g/mol. The Balaban J connectivity index is 1.63. The first kappa shape index (κ1) is 24.1. The van der Waals surface area contributed by atoms with Crippen LogP contribution >= 0.6 is 0 Å². The Morgan fingerprint density at radius 3 is 2.69 bits per heavy atom. The molecule has 0 radical (unpaired) electrons. The Kier molecular flexibility index (Phi) is 8.56. The van der Waals surface area contributed by atoms with Gasteiger partial charge in [-0.05, 0) is 65.1 Å². The van der Waals surface area contributed by atoms with Gasteiger partial charge in [-0.2, -0.15) is 0 Å². The van der Waals surface area contributed by atoms with Gasteiger partial charge >= 0.3 is 11.9 Å². The summed E-state index contributed by atoms with van der Waals surface area (Å²) in [7, 11) is 1.65. The van der Waals surface area contributed by atoms with Crippen molar-refractivity contribution in [3.8, 4) is 5.75 Å². The number of likely N-dealkylation sites (tertiary alicyclic amines) is 1. The van der Waals surface area contributed by atoms with Crippen molar-refractivity contribution in [3.05, 3.63) is 33.9 Å². The first-order chi connectivity index (χ1) is 15.5. The number of ether oxygens (including phenoxy) is 3. The van der Waals surface area contributed by atoms with E-state index in [1.165, 1.54) is 12.8 Å². The number of cyclic esters (lactones) is 1. The smallest absolute Gasteiger partial charge is 0.341 e. The van der Waals surface area contributed by atoms with E-state index in [0.29, 0.717) is 38.0 Å². The highest BCUT2D eigenvalue weighted by molar-refractivity contribution is 6.01. The minimum atomic E-state index is -0.291. The minimum absolute atomic E-state index is 0.154. The summed E-state index contributed by atoms with van der Waals surface area (Å²) in [6.07, 6.45) is 6.19. The van der Waals surface area contributed by atoms with Crippen molar-refractivity contribution in [1.82, 2.24) is 4.90 Å². The summed E-state index contributed by atoms with van der Waals surface area (Å²) in [5.41, 5.74) is 5.29.